The van der Waals surface area contributed by atoms with Gasteiger partial charge in [-0.3, -0.25) is 9.59 Å². The Morgan fingerprint density at radius 1 is 1.07 bits per heavy atom. The first-order valence-electron chi connectivity index (χ1n) is 9.30. The number of nitrogens with zero attached hydrogens (tertiary/aromatic N) is 1. The third-order valence-electron chi connectivity index (χ3n) is 5.41. The number of ketones is 1. The Kier molecular flexibility index (Phi) is 5.60. The van der Waals surface area contributed by atoms with Crippen LogP contribution in [-0.2, 0) is 4.79 Å². The highest BCUT2D eigenvalue weighted by molar-refractivity contribution is 6.36. The average molecular weight is 451 g/mol. The smallest absolute Gasteiger partial charge is 0.246 e. The maximum absolute atomic E-state index is 12.7. The summed E-state index contributed by atoms with van der Waals surface area (Å²) in [7, 11) is 0. The van der Waals surface area contributed by atoms with E-state index in [1.54, 1.807) is 29.2 Å². The molecule has 1 saturated heterocycles. The highest BCUT2D eigenvalue weighted by Gasteiger charge is 2.44. The zero-order valence-corrected chi connectivity index (χ0v) is 17.7. The van der Waals surface area contributed by atoms with Crippen LogP contribution in [0.25, 0.3) is 6.08 Å². The number of hydrogen-bond acceptors (Lipinski definition) is 3. The second-order valence-electron chi connectivity index (χ2n) is 7.33. The Balaban J connectivity index is 1.45. The Morgan fingerprint density at radius 2 is 1.79 bits per heavy atom. The molecule has 2 aliphatic heterocycles. The predicted octanol–water partition coefficient (Wildman–Crippen LogP) is 5.69. The van der Waals surface area contributed by atoms with Gasteiger partial charge in [0.05, 0.1) is 17.0 Å². The minimum atomic E-state index is -0.634. The second-order valence-corrected chi connectivity index (χ2v) is 8.58. The minimum absolute atomic E-state index is 0.0333. The molecule has 150 valence electrons. The standard InChI is InChI=1S/C22H18Cl3NO3/c23-15-11-16-19(27)13-22(29-21(16)18(25)12-15)7-9-26(10-8-22)20(28)6-5-14-3-1-2-4-17(14)24/h1-6,11-12H,7-10,13H2/b6-5+. The van der Waals surface area contributed by atoms with Crippen molar-refractivity contribution in [2.45, 2.75) is 24.9 Å². The molecular weight excluding hydrogens is 433 g/mol. The van der Waals surface area contributed by atoms with Crippen molar-refractivity contribution in [1.82, 2.24) is 4.90 Å². The maximum atomic E-state index is 12.7. The molecule has 0 bridgehead atoms. The summed E-state index contributed by atoms with van der Waals surface area (Å²) >= 11 is 18.4. The van der Waals surface area contributed by atoms with Crippen LogP contribution >= 0.6 is 34.8 Å². The lowest BCUT2D eigenvalue weighted by Gasteiger charge is -2.44. The number of piperidine rings is 1. The van der Waals surface area contributed by atoms with Gasteiger partial charge in [-0.1, -0.05) is 53.0 Å². The second kappa shape index (κ2) is 8.02. The molecule has 0 N–H and O–H groups in total. The molecule has 2 aromatic rings. The number of hydrogen-bond donors (Lipinski definition) is 0. The van der Waals surface area contributed by atoms with Gasteiger partial charge in [0, 0.05) is 42.1 Å². The van der Waals surface area contributed by atoms with Crippen LogP contribution in [0, 0.1) is 0 Å². The number of carbonyl (C=O) groups is 2. The zero-order valence-electron chi connectivity index (χ0n) is 15.5. The molecule has 4 rings (SSSR count). The molecule has 1 spiro atoms. The number of likely N-dealkylation sites (tertiary alicyclic amines) is 1. The molecule has 2 heterocycles. The Hall–Kier alpha value is -2.01. The fourth-order valence-electron chi connectivity index (χ4n) is 3.80. The van der Waals surface area contributed by atoms with Crippen LogP contribution in [0.3, 0.4) is 0 Å². The minimum Gasteiger partial charge on any atom is -0.484 e. The van der Waals surface area contributed by atoms with Gasteiger partial charge in [0.1, 0.15) is 11.4 Å². The van der Waals surface area contributed by atoms with E-state index in [1.807, 2.05) is 18.2 Å². The van der Waals surface area contributed by atoms with E-state index in [9.17, 15) is 9.59 Å². The molecular formula is C22H18Cl3NO3. The van der Waals surface area contributed by atoms with E-state index in [0.717, 1.165) is 5.56 Å². The van der Waals surface area contributed by atoms with Gasteiger partial charge >= 0.3 is 0 Å². The molecule has 7 heteroatoms. The molecule has 0 unspecified atom stereocenters. The van der Waals surface area contributed by atoms with Crippen molar-refractivity contribution in [3.63, 3.8) is 0 Å². The van der Waals surface area contributed by atoms with E-state index >= 15 is 0 Å². The van der Waals surface area contributed by atoms with Crippen molar-refractivity contribution in [3.05, 3.63) is 68.7 Å². The summed E-state index contributed by atoms with van der Waals surface area (Å²) in [6.45, 7) is 0.999. The number of amides is 1. The van der Waals surface area contributed by atoms with E-state index in [0.29, 0.717) is 52.3 Å². The van der Waals surface area contributed by atoms with Crippen LogP contribution in [0.5, 0.6) is 5.75 Å². The number of Topliss-reactive ketones (excluding diaryl/α,β-unsaturated/α-hetero) is 1. The Labute approximate surface area is 184 Å². The number of ether oxygens (including phenoxy) is 1. The van der Waals surface area contributed by atoms with Crippen molar-refractivity contribution < 1.29 is 14.3 Å². The number of halogens is 3. The first-order valence-corrected chi connectivity index (χ1v) is 10.4. The van der Waals surface area contributed by atoms with E-state index in [1.165, 1.54) is 6.08 Å². The SMILES string of the molecule is O=C1CC2(CCN(C(=O)/C=C/c3ccccc3Cl)CC2)Oc2c(Cl)cc(Cl)cc21. The van der Waals surface area contributed by atoms with Crippen LogP contribution in [0.2, 0.25) is 15.1 Å². The zero-order chi connectivity index (χ0) is 20.6. The summed E-state index contributed by atoms with van der Waals surface area (Å²) in [6, 6.07) is 10.5. The third kappa shape index (κ3) is 4.16. The fourth-order valence-corrected chi connectivity index (χ4v) is 4.53. The van der Waals surface area contributed by atoms with Gasteiger partial charge in [0.2, 0.25) is 5.91 Å². The Morgan fingerprint density at radius 3 is 2.52 bits per heavy atom. The molecule has 0 atom stereocenters. The summed E-state index contributed by atoms with van der Waals surface area (Å²) in [5.74, 6) is 0.270. The number of rotatable bonds is 2. The molecule has 4 nitrogen and oxygen atoms in total. The Bertz CT molecular complexity index is 1010. The van der Waals surface area contributed by atoms with Gasteiger partial charge < -0.3 is 9.64 Å². The van der Waals surface area contributed by atoms with Crippen molar-refractivity contribution >= 4 is 52.6 Å². The molecule has 2 aliphatic rings. The summed E-state index contributed by atoms with van der Waals surface area (Å²) < 4.78 is 6.20. The van der Waals surface area contributed by atoms with Crippen LogP contribution < -0.4 is 4.74 Å². The monoisotopic (exact) mass is 449 g/mol. The highest BCUT2D eigenvalue weighted by atomic mass is 35.5. The van der Waals surface area contributed by atoms with Crippen LogP contribution in [-0.4, -0.2) is 35.3 Å². The maximum Gasteiger partial charge on any atom is 0.246 e. The van der Waals surface area contributed by atoms with Crippen molar-refractivity contribution in [1.29, 1.82) is 0 Å². The lowest BCUT2D eigenvalue weighted by Crippen LogP contribution is -2.52. The van der Waals surface area contributed by atoms with E-state index in [4.69, 9.17) is 39.5 Å². The largest absolute Gasteiger partial charge is 0.484 e. The van der Waals surface area contributed by atoms with Gasteiger partial charge in [-0.15, -0.1) is 0 Å². The predicted molar refractivity (Wildman–Crippen MR) is 115 cm³/mol. The first-order chi connectivity index (χ1) is 13.9. The van der Waals surface area contributed by atoms with Crippen molar-refractivity contribution in [2.75, 3.05) is 13.1 Å². The van der Waals surface area contributed by atoms with Crippen molar-refractivity contribution in [2.24, 2.45) is 0 Å². The van der Waals surface area contributed by atoms with Crippen LogP contribution in [0.1, 0.15) is 35.2 Å². The summed E-state index contributed by atoms with van der Waals surface area (Å²) in [5.41, 5.74) is 0.585. The lowest BCUT2D eigenvalue weighted by molar-refractivity contribution is -0.129. The van der Waals surface area contributed by atoms with Gasteiger partial charge in [-0.25, -0.2) is 0 Å². The highest BCUT2D eigenvalue weighted by Crippen LogP contribution is 2.44. The molecule has 29 heavy (non-hydrogen) atoms. The van der Waals surface area contributed by atoms with Gasteiger partial charge in [0.25, 0.3) is 0 Å². The summed E-state index contributed by atoms with van der Waals surface area (Å²) in [5, 5.41) is 1.34. The van der Waals surface area contributed by atoms with Gasteiger partial charge in [-0.2, -0.15) is 0 Å². The number of fused-ring (bicyclic) bond motifs is 1. The van der Waals surface area contributed by atoms with E-state index < -0.39 is 5.60 Å². The molecule has 0 radical (unpaired) electrons. The molecule has 0 aromatic heterocycles. The fraction of sp³-hybridized carbons (Fsp3) is 0.273. The molecule has 0 aliphatic carbocycles. The van der Waals surface area contributed by atoms with Crippen LogP contribution in [0.15, 0.2) is 42.5 Å². The lowest BCUT2D eigenvalue weighted by atomic mass is 9.82. The molecule has 1 fully saturated rings. The summed E-state index contributed by atoms with van der Waals surface area (Å²) in [4.78, 5) is 27.0. The molecule has 2 aromatic carbocycles. The van der Waals surface area contributed by atoms with E-state index in [2.05, 4.69) is 0 Å². The normalized spacial score (nSPS) is 18.0. The molecule has 0 saturated carbocycles. The van der Waals surface area contributed by atoms with Gasteiger partial charge in [0.15, 0.2) is 5.78 Å². The van der Waals surface area contributed by atoms with Gasteiger partial charge in [-0.05, 0) is 29.8 Å². The van der Waals surface area contributed by atoms with Crippen molar-refractivity contribution in [3.8, 4) is 5.75 Å². The molecule has 1 amide bonds. The average Bonchev–Trinajstić information content (AvgIpc) is 2.69. The van der Waals surface area contributed by atoms with E-state index in [-0.39, 0.29) is 18.1 Å². The third-order valence-corrected chi connectivity index (χ3v) is 6.25. The van der Waals surface area contributed by atoms with Crippen LogP contribution in [0.4, 0.5) is 0 Å². The quantitative estimate of drug-likeness (QED) is 0.552. The topological polar surface area (TPSA) is 46.6 Å². The summed E-state index contributed by atoms with van der Waals surface area (Å²) in [6.07, 6.45) is 4.62. The first kappa shape index (κ1) is 20.3. The number of carbonyl (C=O) groups excluding carboxylic acids is 2. The number of benzene rings is 2.